The van der Waals surface area contributed by atoms with Gasteiger partial charge in [-0.1, -0.05) is 43.5 Å². The molecule has 35 heavy (non-hydrogen) atoms. The van der Waals surface area contributed by atoms with Crippen molar-refractivity contribution in [1.29, 1.82) is 0 Å². The van der Waals surface area contributed by atoms with Gasteiger partial charge in [0.15, 0.2) is 0 Å². The summed E-state index contributed by atoms with van der Waals surface area (Å²) < 4.78 is 22.0. The minimum atomic E-state index is -1.42. The van der Waals surface area contributed by atoms with Crippen molar-refractivity contribution in [3.8, 4) is 0 Å². The molecule has 0 radical (unpaired) electrons. The van der Waals surface area contributed by atoms with Crippen LogP contribution in [0.25, 0.3) is 10.8 Å². The maximum Gasteiger partial charge on any atom is 0.410 e. The summed E-state index contributed by atoms with van der Waals surface area (Å²) in [5.74, 6) is 0.156. The highest BCUT2D eigenvalue weighted by molar-refractivity contribution is 7.83. The second-order valence-electron chi connectivity index (χ2n) is 10.6. The fourth-order valence-corrected chi connectivity index (χ4v) is 6.10. The summed E-state index contributed by atoms with van der Waals surface area (Å²) in [5.41, 5.74) is 0.249. The van der Waals surface area contributed by atoms with E-state index < -0.39 is 16.6 Å². The Kier molecular flexibility index (Phi) is 8.12. The van der Waals surface area contributed by atoms with Crippen LogP contribution in [0.2, 0.25) is 0 Å². The van der Waals surface area contributed by atoms with Crippen LogP contribution < -0.4 is 10.0 Å². The van der Waals surface area contributed by atoms with Gasteiger partial charge in [0.25, 0.3) is 0 Å². The third-order valence-corrected chi connectivity index (χ3v) is 8.04. The van der Waals surface area contributed by atoms with Crippen molar-refractivity contribution in [3.05, 3.63) is 36.4 Å². The van der Waals surface area contributed by atoms with Crippen LogP contribution in [0.4, 0.5) is 10.5 Å². The molecule has 8 heteroatoms. The molecule has 1 aliphatic carbocycles. The van der Waals surface area contributed by atoms with Crippen LogP contribution in [0, 0.1) is 5.92 Å². The van der Waals surface area contributed by atoms with Crippen molar-refractivity contribution in [2.24, 2.45) is 5.92 Å². The summed E-state index contributed by atoms with van der Waals surface area (Å²) in [7, 11) is -1.42. The average molecular weight is 500 g/mol. The molecule has 1 aliphatic heterocycles. The molecule has 1 saturated heterocycles. The van der Waals surface area contributed by atoms with Gasteiger partial charge < -0.3 is 15.0 Å². The average Bonchev–Trinajstić information content (AvgIpc) is 2.84. The van der Waals surface area contributed by atoms with Gasteiger partial charge in [-0.3, -0.25) is 4.79 Å². The van der Waals surface area contributed by atoms with Crippen LogP contribution in [-0.4, -0.2) is 45.8 Å². The molecular weight excluding hydrogens is 462 g/mol. The molecule has 1 atom stereocenters. The van der Waals surface area contributed by atoms with Crippen LogP contribution >= 0.6 is 0 Å². The molecule has 0 bridgehead atoms. The molecule has 2 amide bonds. The van der Waals surface area contributed by atoms with E-state index in [1.54, 1.807) is 4.90 Å². The molecule has 1 heterocycles. The summed E-state index contributed by atoms with van der Waals surface area (Å²) in [5, 5.41) is 4.89. The number of hydrogen-bond acceptors (Lipinski definition) is 4. The highest BCUT2D eigenvalue weighted by Crippen LogP contribution is 2.31. The number of anilines is 1. The van der Waals surface area contributed by atoms with Crippen LogP contribution in [0.5, 0.6) is 0 Å². The molecule has 2 aliphatic rings. The van der Waals surface area contributed by atoms with Gasteiger partial charge in [-0.15, -0.1) is 0 Å². The molecule has 2 aromatic carbocycles. The maximum absolute atomic E-state index is 13.3. The quantitative estimate of drug-likeness (QED) is 0.579. The Labute approximate surface area is 210 Å². The standard InChI is InChI=1S/C27H37N3O4S/c1-27(2,3)34-26(32)30-17-15-20(16-18-30)29-35(33)24-14-13-23(21-11-7-8-12-22(21)24)28-25(31)19-9-5-4-6-10-19/h7-8,11-14,19-20,29H,4-6,9-10,15-18H2,1-3H3,(H,28,31). The van der Waals surface area contributed by atoms with E-state index >= 15 is 0 Å². The normalized spacial score (nSPS) is 18.9. The number of piperidine rings is 1. The Balaban J connectivity index is 1.41. The Hall–Kier alpha value is -2.45. The van der Waals surface area contributed by atoms with E-state index in [0.29, 0.717) is 30.8 Å². The third kappa shape index (κ3) is 6.61. The molecule has 2 aromatic rings. The zero-order chi connectivity index (χ0) is 25.0. The lowest BCUT2D eigenvalue weighted by Crippen LogP contribution is -2.46. The van der Waals surface area contributed by atoms with E-state index in [0.717, 1.165) is 42.1 Å². The van der Waals surface area contributed by atoms with E-state index in [1.165, 1.54) is 6.42 Å². The summed E-state index contributed by atoms with van der Waals surface area (Å²) >= 11 is 0. The second kappa shape index (κ2) is 11.1. The molecule has 1 saturated carbocycles. The van der Waals surface area contributed by atoms with Gasteiger partial charge in [-0.2, -0.15) is 0 Å². The van der Waals surface area contributed by atoms with Crippen molar-refractivity contribution in [3.63, 3.8) is 0 Å². The number of nitrogens with one attached hydrogen (secondary N) is 2. The topological polar surface area (TPSA) is 87.7 Å². The molecule has 190 valence electrons. The minimum absolute atomic E-state index is 0.0407. The van der Waals surface area contributed by atoms with Crippen molar-refractivity contribution in [2.45, 2.75) is 82.3 Å². The largest absolute Gasteiger partial charge is 0.444 e. The predicted octanol–water partition coefficient (Wildman–Crippen LogP) is 5.37. The first-order valence-corrected chi connectivity index (χ1v) is 13.8. The zero-order valence-electron chi connectivity index (χ0n) is 21.0. The molecule has 2 N–H and O–H groups in total. The second-order valence-corrected chi connectivity index (χ2v) is 11.8. The molecule has 7 nitrogen and oxygen atoms in total. The summed E-state index contributed by atoms with van der Waals surface area (Å²) in [6.45, 7) is 6.71. The van der Waals surface area contributed by atoms with Crippen LogP contribution in [-0.2, 0) is 20.5 Å². The first-order valence-electron chi connectivity index (χ1n) is 12.7. The van der Waals surface area contributed by atoms with Crippen LogP contribution in [0.1, 0.15) is 65.7 Å². The van der Waals surface area contributed by atoms with Gasteiger partial charge in [0, 0.05) is 41.5 Å². The number of amides is 2. The third-order valence-electron chi connectivity index (χ3n) is 6.74. The summed E-state index contributed by atoms with van der Waals surface area (Å²) in [6.07, 6.45) is 6.44. The van der Waals surface area contributed by atoms with Gasteiger partial charge >= 0.3 is 6.09 Å². The van der Waals surface area contributed by atoms with E-state index in [9.17, 15) is 13.8 Å². The Bertz CT molecular complexity index is 1080. The number of likely N-dealkylation sites (tertiary alicyclic amines) is 1. The first-order chi connectivity index (χ1) is 16.7. The molecule has 0 spiro atoms. The summed E-state index contributed by atoms with van der Waals surface area (Å²) in [4.78, 5) is 27.6. The first kappa shape index (κ1) is 25.6. The number of fused-ring (bicyclic) bond motifs is 1. The lowest BCUT2D eigenvalue weighted by atomic mass is 9.88. The number of carbonyl (C=O) groups is 2. The van der Waals surface area contributed by atoms with Crippen molar-refractivity contribution in [2.75, 3.05) is 18.4 Å². The number of rotatable bonds is 5. The van der Waals surface area contributed by atoms with Crippen molar-refractivity contribution in [1.82, 2.24) is 9.62 Å². The lowest BCUT2D eigenvalue weighted by molar-refractivity contribution is -0.120. The number of ether oxygens (including phenoxy) is 1. The molecule has 4 rings (SSSR count). The smallest absolute Gasteiger partial charge is 0.410 e. The van der Waals surface area contributed by atoms with Crippen LogP contribution in [0.3, 0.4) is 0 Å². The lowest BCUT2D eigenvalue weighted by Gasteiger charge is -2.33. The van der Waals surface area contributed by atoms with Crippen LogP contribution in [0.15, 0.2) is 41.3 Å². The Morgan fingerprint density at radius 3 is 2.26 bits per heavy atom. The molecule has 0 aromatic heterocycles. The van der Waals surface area contributed by atoms with E-state index in [1.807, 2.05) is 57.2 Å². The van der Waals surface area contributed by atoms with E-state index in [2.05, 4.69) is 10.0 Å². The Morgan fingerprint density at radius 2 is 1.60 bits per heavy atom. The molecule has 1 unspecified atom stereocenters. The number of nitrogens with zero attached hydrogens (tertiary/aromatic N) is 1. The van der Waals surface area contributed by atoms with E-state index in [-0.39, 0.29) is 24.0 Å². The van der Waals surface area contributed by atoms with Gasteiger partial charge in [0.1, 0.15) is 16.6 Å². The van der Waals surface area contributed by atoms with Gasteiger partial charge in [-0.25, -0.2) is 13.7 Å². The fourth-order valence-electron chi connectivity index (χ4n) is 4.86. The fraction of sp³-hybridized carbons (Fsp3) is 0.556. The van der Waals surface area contributed by atoms with Gasteiger partial charge in [0.2, 0.25) is 5.91 Å². The van der Waals surface area contributed by atoms with E-state index in [4.69, 9.17) is 4.74 Å². The SMILES string of the molecule is CC(C)(C)OC(=O)N1CCC(NS(=O)c2ccc(NC(=O)C3CCCCC3)c3ccccc23)CC1. The molecule has 2 fully saturated rings. The van der Waals surface area contributed by atoms with Gasteiger partial charge in [0.05, 0.1) is 4.90 Å². The summed E-state index contributed by atoms with van der Waals surface area (Å²) in [6, 6.07) is 11.5. The van der Waals surface area contributed by atoms with Gasteiger partial charge in [-0.05, 0) is 58.6 Å². The van der Waals surface area contributed by atoms with Crippen molar-refractivity contribution < 1.29 is 18.5 Å². The highest BCUT2D eigenvalue weighted by atomic mass is 32.2. The molecular formula is C27H37N3O4S. The monoisotopic (exact) mass is 499 g/mol. The van der Waals surface area contributed by atoms with Crippen molar-refractivity contribution >= 4 is 39.4 Å². The maximum atomic E-state index is 13.3. The zero-order valence-corrected chi connectivity index (χ0v) is 21.8. The number of hydrogen-bond donors (Lipinski definition) is 2. The minimum Gasteiger partial charge on any atom is -0.444 e. The highest BCUT2D eigenvalue weighted by Gasteiger charge is 2.28. The number of carbonyl (C=O) groups excluding carboxylic acids is 2. The predicted molar refractivity (Wildman–Crippen MR) is 140 cm³/mol. The Morgan fingerprint density at radius 1 is 0.943 bits per heavy atom. The number of benzene rings is 2.